The van der Waals surface area contributed by atoms with Crippen molar-refractivity contribution in [2.24, 2.45) is 0 Å². The quantitative estimate of drug-likeness (QED) is 0.664. The minimum absolute atomic E-state index is 0.174. The Bertz CT molecular complexity index is 1000. The summed E-state index contributed by atoms with van der Waals surface area (Å²) < 4.78 is 6.29. The molecule has 0 fully saturated rings. The first-order valence-electron chi connectivity index (χ1n) is 8.25. The van der Waals surface area contributed by atoms with Crippen molar-refractivity contribution in [2.75, 3.05) is 18.7 Å². The first-order chi connectivity index (χ1) is 13.1. The van der Waals surface area contributed by atoms with Gasteiger partial charge in [0.1, 0.15) is 12.3 Å². The molecule has 1 N–H and O–H groups in total. The minimum atomic E-state index is -0.340. The normalized spacial score (nSPS) is 10.4. The van der Waals surface area contributed by atoms with E-state index in [0.717, 1.165) is 15.1 Å². The molecule has 2 aromatic carbocycles. The Kier molecular flexibility index (Phi) is 5.93. The number of nitrogens with one attached hydrogen (secondary N) is 1. The summed E-state index contributed by atoms with van der Waals surface area (Å²) in [5.74, 6) is 0.298. The molecule has 0 saturated carbocycles. The highest BCUT2D eigenvalue weighted by molar-refractivity contribution is 7.98. The van der Waals surface area contributed by atoms with Crippen molar-refractivity contribution >= 4 is 23.4 Å². The zero-order valence-corrected chi connectivity index (χ0v) is 15.8. The molecule has 3 rings (SSSR count). The van der Waals surface area contributed by atoms with E-state index in [1.165, 1.54) is 6.07 Å². The maximum Gasteiger partial charge on any atom is 0.267 e. The average Bonchev–Trinajstić information content (AvgIpc) is 2.70. The Balaban J connectivity index is 1.77. The molecule has 1 heterocycles. The highest BCUT2D eigenvalue weighted by atomic mass is 32.2. The molecule has 3 aromatic rings. The number of anilines is 1. The number of hydrogen-bond acceptors (Lipinski definition) is 5. The van der Waals surface area contributed by atoms with Crippen LogP contribution >= 0.6 is 11.8 Å². The molecule has 0 spiro atoms. The zero-order valence-electron chi connectivity index (χ0n) is 15.0. The third kappa shape index (κ3) is 4.77. The van der Waals surface area contributed by atoms with Crippen LogP contribution < -0.4 is 15.6 Å². The summed E-state index contributed by atoms with van der Waals surface area (Å²) in [5, 5.41) is 7.07. The van der Waals surface area contributed by atoms with Gasteiger partial charge < -0.3 is 10.1 Å². The molecule has 0 aliphatic carbocycles. The van der Waals surface area contributed by atoms with Gasteiger partial charge in [-0.05, 0) is 36.6 Å². The van der Waals surface area contributed by atoms with Gasteiger partial charge in [0.05, 0.1) is 12.8 Å². The van der Waals surface area contributed by atoms with E-state index in [-0.39, 0.29) is 18.0 Å². The second kappa shape index (κ2) is 8.55. The lowest BCUT2D eigenvalue weighted by Gasteiger charge is -2.09. The maximum atomic E-state index is 12.3. The van der Waals surface area contributed by atoms with E-state index in [0.29, 0.717) is 17.1 Å². The number of thioether (sulfide) groups is 1. The minimum Gasteiger partial charge on any atom is -0.497 e. The second-order valence-corrected chi connectivity index (χ2v) is 6.60. The summed E-state index contributed by atoms with van der Waals surface area (Å²) in [6.45, 7) is -0.174. The Morgan fingerprint density at radius 2 is 1.93 bits per heavy atom. The fourth-order valence-corrected chi connectivity index (χ4v) is 2.92. The number of carbonyl (C=O) groups excluding carboxylic acids is 1. The lowest BCUT2D eigenvalue weighted by molar-refractivity contribution is -0.117. The first kappa shape index (κ1) is 18.7. The monoisotopic (exact) mass is 381 g/mol. The van der Waals surface area contributed by atoms with Crippen molar-refractivity contribution < 1.29 is 9.53 Å². The van der Waals surface area contributed by atoms with Crippen molar-refractivity contribution in [3.8, 4) is 17.0 Å². The number of nitrogens with zero attached hydrogens (tertiary/aromatic N) is 2. The number of ether oxygens (including phenoxy) is 1. The zero-order chi connectivity index (χ0) is 19.2. The van der Waals surface area contributed by atoms with Gasteiger partial charge in [-0.1, -0.05) is 18.2 Å². The highest BCUT2D eigenvalue weighted by Crippen LogP contribution is 2.21. The van der Waals surface area contributed by atoms with Crippen molar-refractivity contribution in [1.82, 2.24) is 9.78 Å². The summed E-state index contributed by atoms with van der Waals surface area (Å²) in [6, 6.07) is 18.0. The Morgan fingerprint density at radius 1 is 1.15 bits per heavy atom. The van der Waals surface area contributed by atoms with Crippen LogP contribution in [0.25, 0.3) is 11.3 Å². The van der Waals surface area contributed by atoms with Crippen LogP contribution in [0.15, 0.2) is 70.4 Å². The van der Waals surface area contributed by atoms with Gasteiger partial charge in [0, 0.05) is 28.3 Å². The lowest BCUT2D eigenvalue weighted by Crippen LogP contribution is -2.29. The van der Waals surface area contributed by atoms with Crippen LogP contribution in [0.1, 0.15) is 0 Å². The molecule has 0 aliphatic rings. The summed E-state index contributed by atoms with van der Waals surface area (Å²) in [4.78, 5) is 25.5. The van der Waals surface area contributed by atoms with Crippen molar-refractivity contribution in [1.29, 1.82) is 0 Å². The fourth-order valence-electron chi connectivity index (χ4n) is 2.52. The van der Waals surface area contributed by atoms with Crippen molar-refractivity contribution in [3.05, 3.63) is 71.0 Å². The topological polar surface area (TPSA) is 73.2 Å². The fraction of sp³-hybridized carbons (Fsp3) is 0.150. The van der Waals surface area contributed by atoms with E-state index in [1.807, 2.05) is 30.5 Å². The molecule has 1 amide bonds. The molecule has 0 bridgehead atoms. The van der Waals surface area contributed by atoms with Crippen LogP contribution in [0, 0.1) is 0 Å². The van der Waals surface area contributed by atoms with E-state index in [9.17, 15) is 9.59 Å². The molecule has 0 saturated heterocycles. The van der Waals surface area contributed by atoms with E-state index < -0.39 is 0 Å². The van der Waals surface area contributed by atoms with Crippen LogP contribution in [0.2, 0.25) is 0 Å². The van der Waals surface area contributed by atoms with Crippen LogP contribution in [-0.2, 0) is 11.3 Å². The number of benzene rings is 2. The molecular weight excluding hydrogens is 362 g/mol. The van der Waals surface area contributed by atoms with Gasteiger partial charge in [-0.15, -0.1) is 11.8 Å². The summed E-state index contributed by atoms with van der Waals surface area (Å²) in [7, 11) is 1.56. The Morgan fingerprint density at radius 3 is 2.63 bits per heavy atom. The van der Waals surface area contributed by atoms with Crippen LogP contribution in [0.3, 0.4) is 0 Å². The Hall–Kier alpha value is -3.06. The number of aromatic nitrogens is 2. The first-order valence-corrected chi connectivity index (χ1v) is 9.48. The predicted octanol–water partition coefficient (Wildman–Crippen LogP) is 3.28. The number of amides is 1. The van der Waals surface area contributed by atoms with Crippen molar-refractivity contribution in [3.63, 3.8) is 0 Å². The van der Waals surface area contributed by atoms with Crippen LogP contribution in [0.5, 0.6) is 5.75 Å². The van der Waals surface area contributed by atoms with E-state index in [2.05, 4.69) is 10.4 Å². The molecule has 6 nitrogen and oxygen atoms in total. The van der Waals surface area contributed by atoms with E-state index in [4.69, 9.17) is 4.74 Å². The molecule has 1 aromatic heterocycles. The van der Waals surface area contributed by atoms with Gasteiger partial charge in [0.25, 0.3) is 5.56 Å². The number of hydrogen-bond donors (Lipinski definition) is 1. The largest absolute Gasteiger partial charge is 0.497 e. The molecular formula is C20H19N3O3S. The molecule has 0 atom stereocenters. The molecule has 27 heavy (non-hydrogen) atoms. The summed E-state index contributed by atoms with van der Waals surface area (Å²) in [5.41, 5.74) is 1.78. The molecule has 0 aliphatic heterocycles. The van der Waals surface area contributed by atoms with Crippen LogP contribution in [-0.4, -0.2) is 29.1 Å². The molecule has 0 unspecified atom stereocenters. The third-order valence-electron chi connectivity index (χ3n) is 3.90. The second-order valence-electron chi connectivity index (χ2n) is 5.72. The SMILES string of the molecule is COc1cccc(NC(=O)Cn2nc(-c3ccc(SC)cc3)ccc2=O)c1. The molecule has 138 valence electrons. The Labute approximate surface area is 161 Å². The van der Waals surface area contributed by atoms with E-state index in [1.54, 1.807) is 49.2 Å². The van der Waals surface area contributed by atoms with Gasteiger partial charge in [0.15, 0.2) is 0 Å². The summed E-state index contributed by atoms with van der Waals surface area (Å²) in [6.07, 6.45) is 2.01. The highest BCUT2D eigenvalue weighted by Gasteiger charge is 2.09. The molecule has 0 radical (unpaired) electrons. The number of rotatable bonds is 6. The average molecular weight is 381 g/mol. The van der Waals surface area contributed by atoms with E-state index >= 15 is 0 Å². The number of methoxy groups -OCH3 is 1. The molecule has 7 heteroatoms. The van der Waals surface area contributed by atoms with Gasteiger partial charge in [-0.3, -0.25) is 9.59 Å². The third-order valence-corrected chi connectivity index (χ3v) is 4.64. The standard InChI is InChI=1S/C20H19N3O3S/c1-26-16-5-3-4-15(12-16)21-19(24)13-23-20(25)11-10-18(22-23)14-6-8-17(27-2)9-7-14/h3-12H,13H2,1-2H3,(H,21,24). The van der Waals surface area contributed by atoms with Crippen molar-refractivity contribution in [2.45, 2.75) is 11.4 Å². The summed E-state index contributed by atoms with van der Waals surface area (Å²) >= 11 is 1.65. The smallest absolute Gasteiger partial charge is 0.267 e. The maximum absolute atomic E-state index is 12.3. The van der Waals surface area contributed by atoms with Gasteiger partial charge in [-0.25, -0.2) is 4.68 Å². The van der Waals surface area contributed by atoms with Gasteiger partial charge in [0.2, 0.25) is 5.91 Å². The van der Waals surface area contributed by atoms with Crippen LogP contribution in [0.4, 0.5) is 5.69 Å². The lowest BCUT2D eigenvalue weighted by atomic mass is 10.1. The van der Waals surface area contributed by atoms with Gasteiger partial charge >= 0.3 is 0 Å². The number of carbonyl (C=O) groups is 1. The van der Waals surface area contributed by atoms with Gasteiger partial charge in [-0.2, -0.15) is 5.10 Å². The predicted molar refractivity (Wildman–Crippen MR) is 107 cm³/mol.